The van der Waals surface area contributed by atoms with E-state index in [0.29, 0.717) is 11.1 Å². The third kappa shape index (κ3) is 7.38. The number of hydrogen-bond donors (Lipinski definition) is 4. The van der Waals surface area contributed by atoms with Gasteiger partial charge < -0.3 is 34.6 Å². The van der Waals surface area contributed by atoms with E-state index in [9.17, 15) is 30.0 Å². The van der Waals surface area contributed by atoms with Crippen LogP contribution < -0.4 is 0 Å². The lowest BCUT2D eigenvalue weighted by atomic mass is 9.64. The predicted molar refractivity (Wildman–Crippen MR) is 183 cm³/mol. The van der Waals surface area contributed by atoms with Gasteiger partial charge in [-0.3, -0.25) is 4.79 Å². The van der Waals surface area contributed by atoms with Crippen LogP contribution >= 0.6 is 0 Å². The summed E-state index contributed by atoms with van der Waals surface area (Å²) in [6.07, 6.45) is -1.98. The van der Waals surface area contributed by atoms with Gasteiger partial charge in [-0.2, -0.15) is 0 Å². The average Bonchev–Trinajstić information content (AvgIpc) is 3.08. The minimum Gasteiger partial charge on any atom is -0.430 e. The first-order valence-electron chi connectivity index (χ1n) is 16.3. The van der Waals surface area contributed by atoms with E-state index in [0.717, 1.165) is 22.8 Å². The van der Waals surface area contributed by atoms with Gasteiger partial charge in [-0.1, -0.05) is 111 Å². The highest BCUT2D eigenvalue weighted by Gasteiger charge is 2.48. The van der Waals surface area contributed by atoms with Crippen molar-refractivity contribution >= 4 is 11.8 Å². The van der Waals surface area contributed by atoms with Gasteiger partial charge in [-0.05, 0) is 53.8 Å². The summed E-state index contributed by atoms with van der Waals surface area (Å²) in [5, 5.41) is 43.9. The second-order valence-corrected chi connectivity index (χ2v) is 13.4. The van der Waals surface area contributed by atoms with Crippen LogP contribution in [-0.4, -0.2) is 75.1 Å². The van der Waals surface area contributed by atoms with Gasteiger partial charge in [-0.25, -0.2) is 4.79 Å². The number of rotatable bonds is 10. The molecule has 1 saturated heterocycles. The number of allylic oxidation sites excluding steroid dienone is 3. The van der Waals surface area contributed by atoms with Crippen molar-refractivity contribution in [2.75, 3.05) is 6.61 Å². The molecule has 0 unspecified atom stereocenters. The molecule has 6 atom stereocenters. The van der Waals surface area contributed by atoms with Crippen LogP contribution in [0, 0.1) is 5.41 Å². The smallest absolute Gasteiger partial charge is 0.333 e. The molecule has 0 amide bonds. The van der Waals surface area contributed by atoms with Gasteiger partial charge in [0, 0.05) is 17.9 Å². The fourth-order valence-electron chi connectivity index (χ4n) is 6.63. The van der Waals surface area contributed by atoms with Crippen molar-refractivity contribution in [1.29, 1.82) is 0 Å². The second kappa shape index (κ2) is 14.7. The van der Waals surface area contributed by atoms with E-state index in [4.69, 9.17) is 14.2 Å². The molecule has 1 aliphatic heterocycles. The average molecular weight is 669 g/mol. The van der Waals surface area contributed by atoms with Crippen molar-refractivity contribution in [3.8, 4) is 0 Å². The molecule has 5 rings (SSSR count). The van der Waals surface area contributed by atoms with Crippen LogP contribution in [0.4, 0.5) is 0 Å². The zero-order valence-electron chi connectivity index (χ0n) is 28.1. The molecular formula is C40H44O9. The highest BCUT2D eigenvalue weighted by Crippen LogP contribution is 2.44. The first kappa shape index (κ1) is 36.1. The van der Waals surface area contributed by atoms with Gasteiger partial charge in [0.15, 0.2) is 5.78 Å². The molecule has 258 valence electrons. The molecule has 49 heavy (non-hydrogen) atoms. The zero-order chi connectivity index (χ0) is 35.4. The Morgan fingerprint density at radius 3 is 1.88 bits per heavy atom. The summed E-state index contributed by atoms with van der Waals surface area (Å²) in [6, 6.07) is 28.8. The number of esters is 1. The summed E-state index contributed by atoms with van der Waals surface area (Å²) in [6.45, 7) is 6.65. The van der Waals surface area contributed by atoms with Gasteiger partial charge in [0.2, 0.25) is 6.29 Å². The lowest BCUT2D eigenvalue weighted by Gasteiger charge is -2.44. The van der Waals surface area contributed by atoms with E-state index in [1.54, 1.807) is 39.8 Å². The summed E-state index contributed by atoms with van der Waals surface area (Å²) in [7, 11) is 0. The van der Waals surface area contributed by atoms with Crippen LogP contribution in [0.2, 0.25) is 0 Å². The molecule has 9 heteroatoms. The standard InChI is InChI=1S/C40H44O9/c1-26(20-21-39(46)27(2)23-31(41)24-38(39,3)4)22-33(42)49-37-36(45)35(44)34(43)32(48-37)25-47-40(28-14-8-5-9-15-28,29-16-10-6-11-17-29)30-18-12-7-13-19-30/h5-23,32,34-37,43-46H,24-25H2,1-4H3/b21-20+,26-22-/t32-,34-,35+,36-,37+,39-/m1/s1. The van der Waals surface area contributed by atoms with Gasteiger partial charge in [0.25, 0.3) is 0 Å². The maximum absolute atomic E-state index is 13.0. The number of carbonyl (C=O) groups is 2. The molecular weight excluding hydrogens is 624 g/mol. The molecule has 9 nitrogen and oxygen atoms in total. The van der Waals surface area contributed by atoms with Crippen LogP contribution in [0.25, 0.3) is 0 Å². The molecule has 1 aliphatic carbocycles. The number of aliphatic hydroxyl groups excluding tert-OH is 3. The minimum absolute atomic E-state index is 0.0654. The molecule has 2 aliphatic rings. The normalized spacial score (nSPS) is 27.5. The maximum atomic E-state index is 13.0. The van der Waals surface area contributed by atoms with E-state index < -0.39 is 53.3 Å². The minimum atomic E-state index is -1.74. The Bertz CT molecular complexity index is 1600. The number of carbonyl (C=O) groups excluding carboxylic acids is 2. The molecule has 1 heterocycles. The summed E-state index contributed by atoms with van der Waals surface area (Å²) in [4.78, 5) is 25.1. The van der Waals surface area contributed by atoms with E-state index in [2.05, 4.69) is 0 Å². The summed E-state index contributed by atoms with van der Waals surface area (Å²) >= 11 is 0. The first-order chi connectivity index (χ1) is 23.3. The van der Waals surface area contributed by atoms with E-state index in [1.807, 2.05) is 91.0 Å². The molecule has 0 radical (unpaired) electrons. The third-order valence-corrected chi connectivity index (χ3v) is 9.47. The van der Waals surface area contributed by atoms with Gasteiger partial charge in [0.1, 0.15) is 35.6 Å². The number of hydrogen-bond acceptors (Lipinski definition) is 9. The maximum Gasteiger partial charge on any atom is 0.333 e. The Kier molecular flexibility index (Phi) is 10.8. The van der Waals surface area contributed by atoms with Crippen molar-refractivity contribution in [2.45, 2.75) is 76.0 Å². The summed E-state index contributed by atoms with van der Waals surface area (Å²) in [5.41, 5.74) is 0.0244. The SMILES string of the molecule is CC1=CC(=O)CC(C)(C)[C@@]1(O)/C=C/C(C)=C\C(=O)O[C@@H]1O[C@H](COC(c2ccccc2)(c2ccccc2)c2ccccc2)[C@@H](O)[C@H](O)[C@H]1O. The van der Waals surface area contributed by atoms with Crippen molar-refractivity contribution in [2.24, 2.45) is 5.41 Å². The Labute approximate surface area is 286 Å². The fourth-order valence-corrected chi connectivity index (χ4v) is 6.63. The topological polar surface area (TPSA) is 143 Å². The Morgan fingerprint density at radius 1 is 0.878 bits per heavy atom. The number of ether oxygens (including phenoxy) is 3. The van der Waals surface area contributed by atoms with Crippen molar-refractivity contribution in [3.63, 3.8) is 0 Å². The summed E-state index contributed by atoms with van der Waals surface area (Å²) < 4.78 is 18.1. The zero-order valence-corrected chi connectivity index (χ0v) is 28.1. The van der Waals surface area contributed by atoms with E-state index in [1.165, 1.54) is 6.08 Å². The monoisotopic (exact) mass is 668 g/mol. The molecule has 0 spiro atoms. The first-order valence-corrected chi connectivity index (χ1v) is 16.3. The quantitative estimate of drug-likeness (QED) is 0.106. The van der Waals surface area contributed by atoms with Crippen molar-refractivity contribution in [3.05, 3.63) is 143 Å². The lowest BCUT2D eigenvalue weighted by molar-refractivity contribution is -0.295. The highest BCUT2D eigenvalue weighted by atomic mass is 16.7. The molecule has 3 aromatic carbocycles. The number of aliphatic hydroxyl groups is 4. The largest absolute Gasteiger partial charge is 0.430 e. The molecule has 0 bridgehead atoms. The van der Waals surface area contributed by atoms with Crippen LogP contribution in [-0.2, 0) is 29.4 Å². The highest BCUT2D eigenvalue weighted by molar-refractivity contribution is 5.92. The van der Waals surface area contributed by atoms with Gasteiger partial charge in [0.05, 0.1) is 6.61 Å². The fraction of sp³-hybridized carbons (Fsp3) is 0.350. The molecule has 0 aromatic heterocycles. The van der Waals surface area contributed by atoms with Gasteiger partial charge in [-0.15, -0.1) is 0 Å². The van der Waals surface area contributed by atoms with Gasteiger partial charge >= 0.3 is 5.97 Å². The Hall–Kier alpha value is -4.22. The van der Waals surface area contributed by atoms with E-state index in [-0.39, 0.29) is 18.8 Å². The van der Waals surface area contributed by atoms with Crippen LogP contribution in [0.3, 0.4) is 0 Å². The second-order valence-electron chi connectivity index (χ2n) is 13.4. The molecule has 3 aromatic rings. The predicted octanol–water partition coefficient (Wildman–Crippen LogP) is 4.52. The summed E-state index contributed by atoms with van der Waals surface area (Å²) in [5.74, 6) is -0.941. The molecule has 4 N–H and O–H groups in total. The van der Waals surface area contributed by atoms with Crippen LogP contribution in [0.5, 0.6) is 0 Å². The third-order valence-electron chi connectivity index (χ3n) is 9.47. The Balaban J connectivity index is 1.36. The molecule has 0 saturated carbocycles. The number of benzene rings is 3. The van der Waals surface area contributed by atoms with E-state index >= 15 is 0 Å². The molecule has 1 fully saturated rings. The van der Waals surface area contributed by atoms with Crippen LogP contribution in [0.1, 0.15) is 50.8 Å². The Morgan fingerprint density at radius 2 is 1.39 bits per heavy atom. The van der Waals surface area contributed by atoms with Crippen LogP contribution in [0.15, 0.2) is 126 Å². The van der Waals surface area contributed by atoms with Crippen molar-refractivity contribution < 1.29 is 44.2 Å². The lowest BCUT2D eigenvalue weighted by Crippen LogP contribution is -2.60. The van der Waals surface area contributed by atoms with Crippen molar-refractivity contribution in [1.82, 2.24) is 0 Å². The number of ketones is 1.